The summed E-state index contributed by atoms with van der Waals surface area (Å²) in [6, 6.07) is 4.32. The van der Waals surface area contributed by atoms with Crippen LogP contribution >= 0.6 is 0 Å². The van der Waals surface area contributed by atoms with E-state index in [2.05, 4.69) is 19.2 Å². The van der Waals surface area contributed by atoms with Gasteiger partial charge in [-0.15, -0.1) is 0 Å². The van der Waals surface area contributed by atoms with Gasteiger partial charge in [0.25, 0.3) is 0 Å². The lowest BCUT2D eigenvalue weighted by molar-refractivity contribution is 0.411. The van der Waals surface area contributed by atoms with Gasteiger partial charge in [-0.2, -0.15) is 0 Å². The Morgan fingerprint density at radius 1 is 1.55 bits per heavy atom. The Morgan fingerprint density at radius 2 is 2.36 bits per heavy atom. The number of nitrogens with one attached hydrogen (secondary N) is 1. The van der Waals surface area contributed by atoms with Crippen LogP contribution in [0.15, 0.2) is 22.8 Å². The Bertz CT molecular complexity index is 181. The largest absolute Gasteiger partial charge is 0.468 e. The number of furan rings is 1. The molecule has 1 N–H and O–H groups in total. The fraction of sp³-hybridized carbons (Fsp3) is 0.556. The lowest BCUT2D eigenvalue weighted by Gasteiger charge is -2.11. The van der Waals surface area contributed by atoms with Gasteiger partial charge in [0, 0.05) is 0 Å². The van der Waals surface area contributed by atoms with Crippen LogP contribution in [0, 0.1) is 0 Å². The van der Waals surface area contributed by atoms with Gasteiger partial charge in [0.05, 0.1) is 12.3 Å². The molecular weight excluding hydrogens is 138 g/mol. The third-order valence-corrected chi connectivity index (χ3v) is 1.75. The smallest absolute Gasteiger partial charge is 0.120 e. The molecule has 0 aliphatic heterocycles. The zero-order valence-electron chi connectivity index (χ0n) is 7.13. The average molecular weight is 153 g/mol. The van der Waals surface area contributed by atoms with Gasteiger partial charge in [0.15, 0.2) is 0 Å². The van der Waals surface area contributed by atoms with Crippen molar-refractivity contribution < 1.29 is 4.42 Å². The molecular formula is C9H15NO. The Morgan fingerprint density at radius 3 is 2.82 bits per heavy atom. The third kappa shape index (κ3) is 2.09. The molecule has 1 rings (SSSR count). The van der Waals surface area contributed by atoms with Crippen molar-refractivity contribution in [3.8, 4) is 0 Å². The minimum atomic E-state index is 0.384. The molecule has 0 bridgehead atoms. The highest BCUT2D eigenvalue weighted by Gasteiger charge is 2.08. The zero-order chi connectivity index (χ0) is 8.10. The molecule has 1 aromatic heterocycles. The molecule has 62 valence electrons. The van der Waals surface area contributed by atoms with Crippen LogP contribution in [0.1, 0.15) is 32.1 Å². The summed E-state index contributed by atoms with van der Waals surface area (Å²) >= 11 is 0. The van der Waals surface area contributed by atoms with Crippen molar-refractivity contribution in [1.82, 2.24) is 5.32 Å². The van der Waals surface area contributed by atoms with E-state index in [9.17, 15) is 0 Å². The fourth-order valence-electron chi connectivity index (χ4n) is 1.18. The maximum atomic E-state index is 5.28. The van der Waals surface area contributed by atoms with E-state index in [0.29, 0.717) is 6.04 Å². The van der Waals surface area contributed by atoms with Gasteiger partial charge in [-0.25, -0.2) is 0 Å². The van der Waals surface area contributed by atoms with E-state index >= 15 is 0 Å². The second-order valence-electron chi connectivity index (χ2n) is 2.53. The van der Waals surface area contributed by atoms with Gasteiger partial charge < -0.3 is 9.73 Å². The molecule has 1 atom stereocenters. The SMILES string of the molecule is CCNC(CC)c1ccco1. The normalized spacial score (nSPS) is 13.3. The van der Waals surface area contributed by atoms with Crippen molar-refractivity contribution in [2.45, 2.75) is 26.3 Å². The first-order valence-electron chi connectivity index (χ1n) is 4.15. The van der Waals surface area contributed by atoms with Crippen molar-refractivity contribution in [2.24, 2.45) is 0 Å². The summed E-state index contributed by atoms with van der Waals surface area (Å²) in [6.07, 6.45) is 2.79. The van der Waals surface area contributed by atoms with Gasteiger partial charge in [-0.3, -0.25) is 0 Å². The topological polar surface area (TPSA) is 25.2 Å². The van der Waals surface area contributed by atoms with Gasteiger partial charge in [-0.05, 0) is 25.1 Å². The van der Waals surface area contributed by atoms with Gasteiger partial charge in [-0.1, -0.05) is 13.8 Å². The van der Waals surface area contributed by atoms with E-state index in [1.54, 1.807) is 6.26 Å². The summed E-state index contributed by atoms with van der Waals surface area (Å²) in [5, 5.41) is 3.34. The molecule has 11 heavy (non-hydrogen) atoms. The summed E-state index contributed by atoms with van der Waals surface area (Å²) in [7, 11) is 0. The van der Waals surface area contributed by atoms with E-state index in [1.165, 1.54) is 0 Å². The van der Waals surface area contributed by atoms with Crippen LogP contribution < -0.4 is 5.32 Å². The summed E-state index contributed by atoms with van der Waals surface area (Å²) < 4.78 is 5.28. The van der Waals surface area contributed by atoms with Crippen LogP contribution in [0.5, 0.6) is 0 Å². The minimum Gasteiger partial charge on any atom is -0.468 e. The molecule has 0 radical (unpaired) electrons. The van der Waals surface area contributed by atoms with Crippen molar-refractivity contribution in [1.29, 1.82) is 0 Å². The fourth-order valence-corrected chi connectivity index (χ4v) is 1.18. The molecule has 0 spiro atoms. The van der Waals surface area contributed by atoms with Crippen LogP contribution in [0.2, 0.25) is 0 Å². The standard InChI is InChI=1S/C9H15NO/c1-3-8(10-4-2)9-6-5-7-11-9/h5-8,10H,3-4H2,1-2H3. The molecule has 2 nitrogen and oxygen atoms in total. The molecule has 0 saturated carbocycles. The van der Waals surface area contributed by atoms with Crippen LogP contribution in [-0.4, -0.2) is 6.54 Å². The van der Waals surface area contributed by atoms with Gasteiger partial charge >= 0.3 is 0 Å². The van der Waals surface area contributed by atoms with Crippen LogP contribution in [-0.2, 0) is 0 Å². The molecule has 0 aliphatic carbocycles. The monoisotopic (exact) mass is 153 g/mol. The van der Waals surface area contributed by atoms with E-state index in [0.717, 1.165) is 18.7 Å². The van der Waals surface area contributed by atoms with E-state index in [4.69, 9.17) is 4.42 Å². The Kier molecular flexibility index (Phi) is 3.17. The number of hydrogen-bond acceptors (Lipinski definition) is 2. The Labute approximate surface area is 67.6 Å². The summed E-state index contributed by atoms with van der Waals surface area (Å²) in [4.78, 5) is 0. The highest BCUT2D eigenvalue weighted by atomic mass is 16.3. The number of rotatable bonds is 4. The van der Waals surface area contributed by atoms with Crippen molar-refractivity contribution in [3.05, 3.63) is 24.2 Å². The second kappa shape index (κ2) is 4.19. The molecule has 1 aromatic rings. The first kappa shape index (κ1) is 8.34. The molecule has 1 unspecified atom stereocenters. The Hall–Kier alpha value is -0.760. The van der Waals surface area contributed by atoms with Gasteiger partial charge in [0.2, 0.25) is 0 Å². The highest BCUT2D eigenvalue weighted by Crippen LogP contribution is 2.15. The van der Waals surface area contributed by atoms with Crippen LogP contribution in [0.25, 0.3) is 0 Å². The van der Waals surface area contributed by atoms with Crippen molar-refractivity contribution in [2.75, 3.05) is 6.54 Å². The van der Waals surface area contributed by atoms with Crippen LogP contribution in [0.3, 0.4) is 0 Å². The number of hydrogen-bond donors (Lipinski definition) is 1. The first-order chi connectivity index (χ1) is 5.38. The van der Waals surface area contributed by atoms with Gasteiger partial charge in [0.1, 0.15) is 5.76 Å². The van der Waals surface area contributed by atoms with Crippen LogP contribution in [0.4, 0.5) is 0 Å². The lowest BCUT2D eigenvalue weighted by Crippen LogP contribution is -2.19. The lowest BCUT2D eigenvalue weighted by atomic mass is 10.2. The summed E-state index contributed by atoms with van der Waals surface area (Å²) in [5.41, 5.74) is 0. The molecule has 0 amide bonds. The van der Waals surface area contributed by atoms with E-state index in [1.807, 2.05) is 12.1 Å². The summed E-state index contributed by atoms with van der Waals surface area (Å²) in [5.74, 6) is 1.04. The van der Waals surface area contributed by atoms with Crippen molar-refractivity contribution in [3.63, 3.8) is 0 Å². The van der Waals surface area contributed by atoms with E-state index in [-0.39, 0.29) is 0 Å². The predicted molar refractivity (Wildman–Crippen MR) is 45.4 cm³/mol. The average Bonchev–Trinajstić information content (AvgIpc) is 2.52. The predicted octanol–water partition coefficient (Wildman–Crippen LogP) is 2.34. The maximum absolute atomic E-state index is 5.28. The molecule has 1 heterocycles. The third-order valence-electron chi connectivity index (χ3n) is 1.75. The molecule has 0 saturated heterocycles. The zero-order valence-corrected chi connectivity index (χ0v) is 7.13. The molecule has 0 aliphatic rings. The quantitative estimate of drug-likeness (QED) is 0.718. The van der Waals surface area contributed by atoms with Crippen molar-refractivity contribution >= 4 is 0 Å². The summed E-state index contributed by atoms with van der Waals surface area (Å²) in [6.45, 7) is 5.24. The molecule has 0 aromatic carbocycles. The minimum absolute atomic E-state index is 0.384. The Balaban J connectivity index is 2.56. The molecule has 2 heteroatoms. The first-order valence-corrected chi connectivity index (χ1v) is 4.15. The highest BCUT2D eigenvalue weighted by molar-refractivity contribution is 5.03. The maximum Gasteiger partial charge on any atom is 0.120 e. The second-order valence-corrected chi connectivity index (χ2v) is 2.53. The molecule has 0 fully saturated rings. The van der Waals surface area contributed by atoms with E-state index < -0.39 is 0 Å².